The van der Waals surface area contributed by atoms with E-state index in [1.807, 2.05) is 6.07 Å². The molecule has 1 aliphatic heterocycles. The number of para-hydroxylation sites is 2. The summed E-state index contributed by atoms with van der Waals surface area (Å²) >= 11 is 0. The van der Waals surface area contributed by atoms with Crippen LogP contribution < -0.4 is 0 Å². The molecule has 0 amide bonds. The van der Waals surface area contributed by atoms with Gasteiger partial charge in [0, 0.05) is 0 Å². The second-order valence-electron chi connectivity index (χ2n) is 3.43. The van der Waals surface area contributed by atoms with Crippen molar-refractivity contribution in [3.8, 4) is 0 Å². The molecule has 1 aliphatic rings. The maximum absolute atomic E-state index is 4.52. The maximum Gasteiger partial charge on any atom is 0.134 e. The number of rotatable bonds is 0. The van der Waals surface area contributed by atoms with Crippen LogP contribution in [0.2, 0.25) is 0 Å². The Labute approximate surface area is 76.5 Å². The molecule has 0 N–H and O–H groups in total. The third-order valence-electron chi connectivity index (χ3n) is 2.55. The van der Waals surface area contributed by atoms with E-state index < -0.39 is 0 Å². The van der Waals surface area contributed by atoms with Crippen LogP contribution in [-0.2, 0) is 0 Å². The molecule has 0 aliphatic carbocycles. The van der Waals surface area contributed by atoms with E-state index in [1.54, 1.807) is 0 Å². The highest BCUT2D eigenvalue weighted by atomic mass is 15.1. The smallest absolute Gasteiger partial charge is 0.134 e. The number of benzene rings is 1. The van der Waals surface area contributed by atoms with Gasteiger partial charge in [-0.3, -0.25) is 0 Å². The van der Waals surface area contributed by atoms with Crippen molar-refractivity contribution in [1.29, 1.82) is 0 Å². The van der Waals surface area contributed by atoms with Crippen LogP contribution in [0, 0.1) is 0 Å². The largest absolute Gasteiger partial charge is 0.318 e. The second-order valence-corrected chi connectivity index (χ2v) is 3.43. The lowest BCUT2D eigenvalue weighted by Gasteiger charge is -2.05. The van der Waals surface area contributed by atoms with Crippen molar-refractivity contribution in [3.63, 3.8) is 0 Å². The first-order chi connectivity index (χ1) is 6.36. The molecule has 1 aromatic heterocycles. The molecule has 0 radical (unpaired) electrons. The number of nitrogens with zero attached hydrogens (tertiary/aromatic N) is 2. The molecule has 0 spiro atoms. The Morgan fingerprint density at radius 2 is 2.15 bits per heavy atom. The minimum Gasteiger partial charge on any atom is -0.318 e. The molecule has 1 atom stereocenters. The minimum absolute atomic E-state index is 0.447. The van der Waals surface area contributed by atoms with E-state index in [0.29, 0.717) is 6.04 Å². The molecule has 1 aromatic carbocycles. The molecule has 2 heterocycles. The van der Waals surface area contributed by atoms with Crippen molar-refractivity contribution in [2.75, 3.05) is 0 Å². The highest BCUT2D eigenvalue weighted by molar-refractivity contribution is 5.79. The van der Waals surface area contributed by atoms with Gasteiger partial charge in [0.05, 0.1) is 17.1 Å². The average molecular weight is 170 g/mol. The number of imidazole rings is 1. The molecule has 0 saturated heterocycles. The zero-order valence-corrected chi connectivity index (χ0v) is 7.44. The molecule has 0 unspecified atom stereocenters. The fourth-order valence-corrected chi connectivity index (χ4v) is 1.92. The van der Waals surface area contributed by atoms with Gasteiger partial charge >= 0.3 is 0 Å². The van der Waals surface area contributed by atoms with E-state index in [1.165, 1.54) is 5.52 Å². The van der Waals surface area contributed by atoms with Gasteiger partial charge in [-0.2, -0.15) is 0 Å². The SMILES string of the molecule is C[C@@H]1C=Cc2nc3ccccc3n21. The van der Waals surface area contributed by atoms with Crippen LogP contribution in [0.5, 0.6) is 0 Å². The number of fused-ring (bicyclic) bond motifs is 3. The van der Waals surface area contributed by atoms with Gasteiger partial charge in [0.1, 0.15) is 5.82 Å². The van der Waals surface area contributed by atoms with E-state index >= 15 is 0 Å². The molecule has 64 valence electrons. The van der Waals surface area contributed by atoms with Crippen molar-refractivity contribution in [1.82, 2.24) is 9.55 Å². The number of hydrogen-bond acceptors (Lipinski definition) is 1. The van der Waals surface area contributed by atoms with Gasteiger partial charge in [-0.15, -0.1) is 0 Å². The van der Waals surface area contributed by atoms with Crippen molar-refractivity contribution in [3.05, 3.63) is 36.2 Å². The highest BCUT2D eigenvalue weighted by Gasteiger charge is 2.16. The van der Waals surface area contributed by atoms with Gasteiger partial charge in [0.25, 0.3) is 0 Å². The molecule has 0 bridgehead atoms. The average Bonchev–Trinajstić information content (AvgIpc) is 2.66. The van der Waals surface area contributed by atoms with Crippen LogP contribution in [-0.4, -0.2) is 9.55 Å². The summed E-state index contributed by atoms with van der Waals surface area (Å²) < 4.78 is 2.26. The Morgan fingerprint density at radius 1 is 1.31 bits per heavy atom. The van der Waals surface area contributed by atoms with Gasteiger partial charge in [-0.25, -0.2) is 4.98 Å². The van der Waals surface area contributed by atoms with Gasteiger partial charge in [-0.05, 0) is 25.1 Å². The van der Waals surface area contributed by atoms with Crippen LogP contribution in [0.25, 0.3) is 17.1 Å². The summed E-state index contributed by atoms with van der Waals surface area (Å²) in [6.45, 7) is 2.18. The van der Waals surface area contributed by atoms with Crippen LogP contribution >= 0.6 is 0 Å². The fraction of sp³-hybridized carbons (Fsp3) is 0.182. The number of allylic oxidation sites excluding steroid dienone is 1. The summed E-state index contributed by atoms with van der Waals surface area (Å²) in [4.78, 5) is 4.52. The molecule has 0 fully saturated rings. The lowest BCUT2D eigenvalue weighted by molar-refractivity contribution is 0.697. The predicted molar refractivity (Wildman–Crippen MR) is 53.5 cm³/mol. The third kappa shape index (κ3) is 0.800. The summed E-state index contributed by atoms with van der Waals surface area (Å²) in [5.74, 6) is 1.08. The maximum atomic E-state index is 4.52. The summed E-state index contributed by atoms with van der Waals surface area (Å²) in [5.41, 5.74) is 2.32. The summed E-state index contributed by atoms with van der Waals surface area (Å²) in [6.07, 6.45) is 4.26. The highest BCUT2D eigenvalue weighted by Crippen LogP contribution is 2.27. The van der Waals surface area contributed by atoms with Crippen molar-refractivity contribution >= 4 is 17.1 Å². The van der Waals surface area contributed by atoms with Crippen LogP contribution in [0.1, 0.15) is 18.8 Å². The Morgan fingerprint density at radius 3 is 3.08 bits per heavy atom. The van der Waals surface area contributed by atoms with E-state index in [-0.39, 0.29) is 0 Å². The molecular weight excluding hydrogens is 160 g/mol. The van der Waals surface area contributed by atoms with Gasteiger partial charge in [0.15, 0.2) is 0 Å². The lowest BCUT2D eigenvalue weighted by Crippen LogP contribution is -1.98. The Kier molecular flexibility index (Phi) is 1.18. The number of aromatic nitrogens is 2. The fourth-order valence-electron chi connectivity index (χ4n) is 1.92. The zero-order valence-electron chi connectivity index (χ0n) is 7.44. The van der Waals surface area contributed by atoms with E-state index in [2.05, 4.69) is 46.8 Å². The van der Waals surface area contributed by atoms with Crippen LogP contribution in [0.4, 0.5) is 0 Å². The van der Waals surface area contributed by atoms with Gasteiger partial charge in [0.2, 0.25) is 0 Å². The predicted octanol–water partition coefficient (Wildman–Crippen LogP) is 2.62. The standard InChI is InChI=1S/C11H10N2/c1-8-6-7-11-12-9-4-2-3-5-10(9)13(8)11/h2-8H,1H3/t8-/m1/s1. The minimum atomic E-state index is 0.447. The molecule has 2 heteroatoms. The molecule has 2 nitrogen and oxygen atoms in total. The van der Waals surface area contributed by atoms with Crippen LogP contribution in [0.15, 0.2) is 30.3 Å². The van der Waals surface area contributed by atoms with E-state index in [4.69, 9.17) is 0 Å². The first-order valence-electron chi connectivity index (χ1n) is 4.51. The van der Waals surface area contributed by atoms with Gasteiger partial charge in [-0.1, -0.05) is 18.2 Å². The molecule has 2 aromatic rings. The van der Waals surface area contributed by atoms with Crippen molar-refractivity contribution in [2.24, 2.45) is 0 Å². The van der Waals surface area contributed by atoms with Crippen molar-refractivity contribution in [2.45, 2.75) is 13.0 Å². The monoisotopic (exact) mass is 170 g/mol. The van der Waals surface area contributed by atoms with Crippen LogP contribution in [0.3, 0.4) is 0 Å². The van der Waals surface area contributed by atoms with Crippen molar-refractivity contribution < 1.29 is 0 Å². The Hall–Kier alpha value is -1.57. The lowest BCUT2D eigenvalue weighted by atomic mass is 10.3. The Bertz CT molecular complexity index is 494. The number of hydrogen-bond donors (Lipinski definition) is 0. The van der Waals surface area contributed by atoms with E-state index in [0.717, 1.165) is 11.3 Å². The van der Waals surface area contributed by atoms with E-state index in [9.17, 15) is 0 Å². The second kappa shape index (κ2) is 2.22. The third-order valence-corrected chi connectivity index (χ3v) is 2.55. The summed E-state index contributed by atoms with van der Waals surface area (Å²) in [7, 11) is 0. The topological polar surface area (TPSA) is 17.8 Å². The normalized spacial score (nSPS) is 19.6. The quantitative estimate of drug-likeness (QED) is 0.594. The Balaban J connectivity index is 2.45. The summed E-state index contributed by atoms with van der Waals surface area (Å²) in [6, 6.07) is 8.71. The molecular formula is C11H10N2. The zero-order chi connectivity index (χ0) is 8.84. The summed E-state index contributed by atoms with van der Waals surface area (Å²) in [5, 5.41) is 0. The first-order valence-corrected chi connectivity index (χ1v) is 4.51. The molecule has 13 heavy (non-hydrogen) atoms. The van der Waals surface area contributed by atoms with Gasteiger partial charge < -0.3 is 4.57 Å². The molecule has 0 saturated carbocycles. The molecule has 3 rings (SSSR count). The first kappa shape index (κ1) is 6.89.